The number of hydrogen-bond acceptors (Lipinski definition) is 1. The van der Waals surface area contributed by atoms with Gasteiger partial charge < -0.3 is 4.74 Å². The quantitative estimate of drug-likeness (QED) is 0.375. The molecule has 0 spiro atoms. The summed E-state index contributed by atoms with van der Waals surface area (Å²) in [6.45, 7) is 2.17. The van der Waals surface area contributed by atoms with Crippen molar-refractivity contribution >= 4 is 10.8 Å². The molecule has 0 heterocycles. The molecule has 1 aliphatic rings. The summed E-state index contributed by atoms with van der Waals surface area (Å²) in [5.74, 6) is -0.713. The van der Waals surface area contributed by atoms with Gasteiger partial charge in [0.05, 0.1) is 5.56 Å². The first kappa shape index (κ1) is 21.6. The molecular formula is C25H23F5O. The normalized spacial score (nSPS) is 19.5. The fourth-order valence-electron chi connectivity index (χ4n) is 4.58. The molecular weight excluding hydrogens is 411 g/mol. The van der Waals surface area contributed by atoms with Crippen LogP contribution in [-0.4, -0.2) is 6.36 Å². The zero-order valence-electron chi connectivity index (χ0n) is 17.1. The van der Waals surface area contributed by atoms with E-state index in [0.29, 0.717) is 27.8 Å². The molecule has 3 aromatic carbocycles. The van der Waals surface area contributed by atoms with E-state index in [9.17, 15) is 22.0 Å². The van der Waals surface area contributed by atoms with Crippen molar-refractivity contribution in [3.63, 3.8) is 0 Å². The summed E-state index contributed by atoms with van der Waals surface area (Å²) in [6.07, 6.45) is 0.398. The average Bonchev–Trinajstić information content (AvgIpc) is 2.72. The molecule has 0 aromatic heterocycles. The van der Waals surface area contributed by atoms with Crippen LogP contribution in [0.25, 0.3) is 21.9 Å². The van der Waals surface area contributed by atoms with Crippen LogP contribution in [0.1, 0.15) is 50.5 Å². The lowest BCUT2D eigenvalue weighted by atomic mass is 9.77. The molecule has 3 aromatic rings. The third-order valence-corrected chi connectivity index (χ3v) is 6.29. The maximum absolute atomic E-state index is 15.0. The Morgan fingerprint density at radius 2 is 1.45 bits per heavy atom. The second-order valence-electron chi connectivity index (χ2n) is 8.26. The highest BCUT2D eigenvalue weighted by Gasteiger charge is 2.31. The summed E-state index contributed by atoms with van der Waals surface area (Å²) in [7, 11) is 0. The lowest BCUT2D eigenvalue weighted by Crippen LogP contribution is -2.16. The first-order chi connectivity index (χ1) is 14.7. The SMILES string of the molecule is CC[C@H]1CC[C@H](c2cc(F)c(-c3ccc4cc(OC(F)(F)F)ccc4c3)c(F)c2)CC1. The summed E-state index contributed by atoms with van der Waals surface area (Å²) < 4.78 is 71.1. The molecule has 0 aliphatic heterocycles. The second-order valence-corrected chi connectivity index (χ2v) is 8.26. The molecule has 1 saturated carbocycles. The van der Waals surface area contributed by atoms with Crippen LogP contribution in [0, 0.1) is 17.6 Å². The molecule has 0 bridgehead atoms. The van der Waals surface area contributed by atoms with Crippen LogP contribution in [-0.2, 0) is 0 Å². The van der Waals surface area contributed by atoms with Crippen LogP contribution in [0.4, 0.5) is 22.0 Å². The fourth-order valence-corrected chi connectivity index (χ4v) is 4.58. The fraction of sp³-hybridized carbons (Fsp3) is 0.360. The lowest BCUT2D eigenvalue weighted by Gasteiger charge is -2.28. The van der Waals surface area contributed by atoms with Gasteiger partial charge in [0.1, 0.15) is 17.4 Å². The molecule has 1 nitrogen and oxygen atoms in total. The smallest absolute Gasteiger partial charge is 0.406 e. The van der Waals surface area contributed by atoms with Crippen molar-refractivity contribution < 1.29 is 26.7 Å². The Balaban J connectivity index is 1.62. The van der Waals surface area contributed by atoms with Crippen LogP contribution in [0.15, 0.2) is 48.5 Å². The molecule has 0 radical (unpaired) electrons. The van der Waals surface area contributed by atoms with E-state index >= 15 is 0 Å². The summed E-state index contributed by atoms with van der Waals surface area (Å²) in [4.78, 5) is 0. The van der Waals surface area contributed by atoms with Gasteiger partial charge in [-0.3, -0.25) is 0 Å². The van der Waals surface area contributed by atoms with Crippen molar-refractivity contribution in [3.8, 4) is 16.9 Å². The molecule has 164 valence electrons. The Kier molecular flexibility index (Phi) is 5.91. The molecule has 0 amide bonds. The van der Waals surface area contributed by atoms with E-state index in [1.54, 1.807) is 6.07 Å². The lowest BCUT2D eigenvalue weighted by molar-refractivity contribution is -0.274. The summed E-state index contributed by atoms with van der Waals surface area (Å²) >= 11 is 0. The number of benzene rings is 3. The molecule has 4 rings (SSSR count). The van der Waals surface area contributed by atoms with E-state index < -0.39 is 18.0 Å². The maximum atomic E-state index is 15.0. The van der Waals surface area contributed by atoms with Crippen LogP contribution < -0.4 is 4.74 Å². The predicted molar refractivity (Wildman–Crippen MR) is 111 cm³/mol. The molecule has 0 atom stereocenters. The minimum absolute atomic E-state index is 0.122. The minimum Gasteiger partial charge on any atom is -0.406 e. The highest BCUT2D eigenvalue weighted by atomic mass is 19.4. The van der Waals surface area contributed by atoms with Gasteiger partial charge in [-0.2, -0.15) is 0 Å². The van der Waals surface area contributed by atoms with Gasteiger partial charge in [0, 0.05) is 0 Å². The Morgan fingerprint density at radius 1 is 0.839 bits per heavy atom. The number of ether oxygens (including phenoxy) is 1. The standard InChI is InChI=1S/C25H23F5O/c1-2-15-3-5-16(6-4-15)20-13-22(26)24(23(27)14-20)19-8-7-18-12-21(31-25(28,29)30)10-9-17(18)11-19/h7-16H,2-6H2,1H3/t15-,16-. The first-order valence-corrected chi connectivity index (χ1v) is 10.5. The van der Waals surface area contributed by atoms with E-state index in [1.165, 1.54) is 42.5 Å². The molecule has 0 N–H and O–H groups in total. The van der Waals surface area contributed by atoms with Crippen molar-refractivity contribution in [1.82, 2.24) is 0 Å². The summed E-state index contributed by atoms with van der Waals surface area (Å²) in [6, 6.07) is 11.3. The van der Waals surface area contributed by atoms with E-state index in [0.717, 1.165) is 32.1 Å². The highest BCUT2D eigenvalue weighted by Crippen LogP contribution is 2.39. The van der Waals surface area contributed by atoms with Gasteiger partial charge in [0.25, 0.3) is 0 Å². The molecule has 0 saturated heterocycles. The van der Waals surface area contributed by atoms with Crippen LogP contribution in [0.5, 0.6) is 5.75 Å². The third-order valence-electron chi connectivity index (χ3n) is 6.29. The molecule has 31 heavy (non-hydrogen) atoms. The highest BCUT2D eigenvalue weighted by molar-refractivity contribution is 5.88. The third kappa shape index (κ3) is 4.83. The number of hydrogen-bond donors (Lipinski definition) is 0. The largest absolute Gasteiger partial charge is 0.573 e. The monoisotopic (exact) mass is 434 g/mol. The topological polar surface area (TPSA) is 9.23 Å². The summed E-state index contributed by atoms with van der Waals surface area (Å²) in [5.41, 5.74) is 0.916. The van der Waals surface area contributed by atoms with E-state index in [1.807, 2.05) is 0 Å². The zero-order valence-corrected chi connectivity index (χ0v) is 17.1. The minimum atomic E-state index is -4.78. The van der Waals surface area contributed by atoms with Crippen molar-refractivity contribution in [1.29, 1.82) is 0 Å². The molecule has 6 heteroatoms. The van der Waals surface area contributed by atoms with Gasteiger partial charge >= 0.3 is 6.36 Å². The van der Waals surface area contributed by atoms with Gasteiger partial charge in [-0.05, 0) is 89.8 Å². The van der Waals surface area contributed by atoms with Crippen LogP contribution >= 0.6 is 0 Å². The van der Waals surface area contributed by atoms with Gasteiger partial charge in [-0.25, -0.2) is 8.78 Å². The Bertz CT molecular complexity index is 1060. The first-order valence-electron chi connectivity index (χ1n) is 10.5. The van der Waals surface area contributed by atoms with E-state index in [2.05, 4.69) is 11.7 Å². The van der Waals surface area contributed by atoms with E-state index in [-0.39, 0.29) is 17.2 Å². The van der Waals surface area contributed by atoms with Gasteiger partial charge in [0.2, 0.25) is 0 Å². The Morgan fingerprint density at radius 3 is 2.06 bits per heavy atom. The Hall–Kier alpha value is -2.63. The molecule has 0 unspecified atom stereocenters. The predicted octanol–water partition coefficient (Wildman–Crippen LogP) is 8.37. The van der Waals surface area contributed by atoms with Crippen molar-refractivity contribution in [2.45, 2.75) is 51.3 Å². The van der Waals surface area contributed by atoms with Crippen molar-refractivity contribution in [3.05, 3.63) is 65.7 Å². The van der Waals surface area contributed by atoms with E-state index in [4.69, 9.17) is 0 Å². The molecule has 1 aliphatic carbocycles. The summed E-state index contributed by atoms with van der Waals surface area (Å²) in [5, 5.41) is 1.04. The molecule has 1 fully saturated rings. The van der Waals surface area contributed by atoms with Gasteiger partial charge in [0.15, 0.2) is 0 Å². The number of rotatable bonds is 4. The number of alkyl halides is 3. The number of halogens is 5. The van der Waals surface area contributed by atoms with Crippen molar-refractivity contribution in [2.24, 2.45) is 5.92 Å². The van der Waals surface area contributed by atoms with Gasteiger partial charge in [-0.15, -0.1) is 13.2 Å². The van der Waals surface area contributed by atoms with Crippen LogP contribution in [0.2, 0.25) is 0 Å². The van der Waals surface area contributed by atoms with Gasteiger partial charge in [-0.1, -0.05) is 31.5 Å². The zero-order chi connectivity index (χ0) is 22.2. The second kappa shape index (κ2) is 8.48. The van der Waals surface area contributed by atoms with Crippen LogP contribution in [0.3, 0.4) is 0 Å². The maximum Gasteiger partial charge on any atom is 0.573 e. The van der Waals surface area contributed by atoms with Crippen molar-refractivity contribution in [2.75, 3.05) is 0 Å². The average molecular weight is 434 g/mol. The Labute approximate surface area is 177 Å². The number of fused-ring (bicyclic) bond motifs is 1.